The van der Waals surface area contributed by atoms with Crippen molar-refractivity contribution in [3.63, 3.8) is 0 Å². The Morgan fingerprint density at radius 1 is 1.10 bits per heavy atom. The Bertz CT molecular complexity index is 1440. The van der Waals surface area contributed by atoms with Crippen LogP contribution < -0.4 is 10.6 Å². The third kappa shape index (κ3) is 5.51. The summed E-state index contributed by atoms with van der Waals surface area (Å²) in [7, 11) is -2.75. The molecule has 2 fully saturated rings. The molecule has 0 radical (unpaired) electrons. The first-order valence-electron chi connectivity index (χ1n) is 12.3. The molecule has 2 saturated heterocycles. The van der Waals surface area contributed by atoms with Crippen molar-refractivity contribution in [3.05, 3.63) is 59.7 Å². The van der Waals surface area contributed by atoms with Crippen molar-refractivity contribution < 1.29 is 37.8 Å². The fourth-order valence-corrected chi connectivity index (χ4v) is 7.49. The predicted molar refractivity (Wildman–Crippen MR) is 146 cm³/mol. The average molecular weight is 591 g/mol. The highest BCUT2D eigenvalue weighted by Crippen LogP contribution is 2.50. The molecule has 3 amide bonds. The number of rotatable bonds is 9. The van der Waals surface area contributed by atoms with Gasteiger partial charge in [-0.2, -0.15) is 4.31 Å². The van der Waals surface area contributed by atoms with E-state index in [2.05, 4.69) is 10.6 Å². The van der Waals surface area contributed by atoms with Crippen molar-refractivity contribution >= 4 is 45.5 Å². The van der Waals surface area contributed by atoms with Crippen molar-refractivity contribution in [3.8, 4) is 5.75 Å². The van der Waals surface area contributed by atoms with Crippen LogP contribution in [0.3, 0.4) is 0 Å². The smallest absolute Gasteiger partial charge is 0.327 e. The number of carbonyl (C=O) groups is 4. The standard InChI is InChI=1S/C26H30N4O8S2/c1-14-5-11-17(12-6-14)40(37,38)29(4)13-18(32)27-19(15-7-9-16(31)10-8-15)22(33)28-20-23(34)30-21(25(35)36)26(2,3)39-24(20)30/h5-12,19-21,24,31H,13H2,1-4H3,(H,27,32)(H,28,33)(H,35,36)/t19?,20-,21+,24-/m1/s1. The molecule has 0 aliphatic carbocycles. The molecule has 0 bridgehead atoms. The first-order valence-corrected chi connectivity index (χ1v) is 14.6. The van der Waals surface area contributed by atoms with Crippen molar-refractivity contribution in [1.29, 1.82) is 0 Å². The van der Waals surface area contributed by atoms with Gasteiger partial charge in [-0.3, -0.25) is 14.4 Å². The topological polar surface area (TPSA) is 173 Å². The van der Waals surface area contributed by atoms with Crippen molar-refractivity contribution in [2.75, 3.05) is 13.6 Å². The SMILES string of the molecule is Cc1ccc(S(=O)(=O)N(C)CC(=O)NC(C(=O)N[C@@H]2C(=O)N3[C@@H]2SC(C)(C)[C@@H]3C(=O)O)c2ccc(O)cc2)cc1. The molecule has 4 atom stereocenters. The van der Waals surface area contributed by atoms with Crippen molar-refractivity contribution in [2.24, 2.45) is 0 Å². The highest BCUT2D eigenvalue weighted by Gasteiger charge is 2.64. The Hall–Kier alpha value is -3.62. The zero-order chi connectivity index (χ0) is 29.6. The summed E-state index contributed by atoms with van der Waals surface area (Å²) in [6, 6.07) is 8.20. The number of likely N-dealkylation sites (N-methyl/N-ethyl adjacent to an activating group) is 1. The maximum absolute atomic E-state index is 13.4. The Balaban J connectivity index is 1.50. The number of hydrogen-bond acceptors (Lipinski definition) is 8. The van der Waals surface area contributed by atoms with Crippen LogP contribution in [0.5, 0.6) is 5.75 Å². The average Bonchev–Trinajstić information content (AvgIpc) is 3.14. The van der Waals surface area contributed by atoms with Gasteiger partial charge in [0.2, 0.25) is 27.7 Å². The zero-order valence-corrected chi connectivity index (χ0v) is 23.8. The van der Waals surface area contributed by atoms with Gasteiger partial charge in [0.15, 0.2) is 0 Å². The molecule has 2 aliphatic rings. The Morgan fingerprint density at radius 2 is 1.70 bits per heavy atom. The van der Waals surface area contributed by atoms with Gasteiger partial charge in [0, 0.05) is 11.8 Å². The number of hydrogen-bond donors (Lipinski definition) is 4. The van der Waals surface area contributed by atoms with Crippen LogP contribution in [-0.4, -0.2) is 87.3 Å². The van der Waals surface area contributed by atoms with Gasteiger partial charge in [0.1, 0.15) is 29.2 Å². The van der Waals surface area contributed by atoms with E-state index < -0.39 is 68.5 Å². The van der Waals surface area contributed by atoms with E-state index in [1.165, 1.54) is 60.1 Å². The Morgan fingerprint density at radius 3 is 2.27 bits per heavy atom. The molecule has 1 unspecified atom stereocenters. The minimum absolute atomic E-state index is 0.00549. The summed E-state index contributed by atoms with van der Waals surface area (Å²) < 4.78 is 25.9. The van der Waals surface area contributed by atoms with Gasteiger partial charge in [-0.25, -0.2) is 13.2 Å². The lowest BCUT2D eigenvalue weighted by molar-refractivity contribution is -0.161. The number of β-lactam (4-membered cyclic amide) rings is 1. The van der Waals surface area contributed by atoms with Crippen LogP contribution in [0.4, 0.5) is 0 Å². The molecule has 4 N–H and O–H groups in total. The fraction of sp³-hybridized carbons (Fsp3) is 0.385. The summed E-state index contributed by atoms with van der Waals surface area (Å²) in [5, 5.41) is 23.8. The Kier molecular flexibility index (Phi) is 7.89. The second-order valence-corrected chi connectivity index (χ2v) is 14.1. The molecule has 4 rings (SSSR count). The number of phenolic OH excluding ortho intramolecular Hbond substituents is 1. The molecular formula is C26H30N4O8S2. The van der Waals surface area contributed by atoms with Crippen molar-refractivity contribution in [1.82, 2.24) is 19.8 Å². The Labute approximate surface area is 235 Å². The molecule has 14 heteroatoms. The first-order chi connectivity index (χ1) is 18.6. The second kappa shape index (κ2) is 10.7. The maximum atomic E-state index is 13.4. The number of aryl methyl sites for hydroxylation is 1. The molecule has 214 valence electrons. The van der Waals surface area contributed by atoms with Crippen LogP contribution in [0.15, 0.2) is 53.4 Å². The number of phenols is 1. The molecule has 0 aromatic heterocycles. The molecular weight excluding hydrogens is 560 g/mol. The number of amides is 3. The molecule has 2 aliphatic heterocycles. The van der Waals surface area contributed by atoms with E-state index in [0.717, 1.165) is 9.87 Å². The summed E-state index contributed by atoms with van der Waals surface area (Å²) in [4.78, 5) is 52.2. The lowest BCUT2D eigenvalue weighted by atomic mass is 9.95. The summed E-state index contributed by atoms with van der Waals surface area (Å²) in [5.74, 6) is -3.30. The van der Waals surface area contributed by atoms with Gasteiger partial charge in [-0.1, -0.05) is 29.8 Å². The van der Waals surface area contributed by atoms with Gasteiger partial charge in [-0.15, -0.1) is 11.8 Å². The summed E-state index contributed by atoms with van der Waals surface area (Å²) >= 11 is 1.26. The number of aromatic hydroxyl groups is 1. The van der Waals surface area contributed by atoms with E-state index in [4.69, 9.17) is 0 Å². The van der Waals surface area contributed by atoms with Gasteiger partial charge < -0.3 is 25.7 Å². The molecule has 2 aromatic rings. The number of nitrogens with zero attached hydrogens (tertiary/aromatic N) is 2. The van der Waals surface area contributed by atoms with Gasteiger partial charge in [-0.05, 0) is 50.6 Å². The van der Waals surface area contributed by atoms with Crippen LogP contribution >= 0.6 is 11.8 Å². The van der Waals surface area contributed by atoms with E-state index in [9.17, 15) is 37.8 Å². The summed E-state index contributed by atoms with van der Waals surface area (Å²) in [5.41, 5.74) is 1.15. The van der Waals surface area contributed by atoms with Crippen LogP contribution in [0.25, 0.3) is 0 Å². The van der Waals surface area contributed by atoms with Gasteiger partial charge >= 0.3 is 5.97 Å². The number of carboxylic acids is 1. The molecule has 0 spiro atoms. The van der Waals surface area contributed by atoms with Crippen molar-refractivity contribution in [2.45, 2.75) is 53.9 Å². The van der Waals surface area contributed by atoms with Crippen LogP contribution in [-0.2, 0) is 29.2 Å². The normalized spacial score (nSPS) is 22.3. The highest BCUT2D eigenvalue weighted by atomic mass is 32.2. The number of sulfonamides is 1. The molecule has 2 aromatic carbocycles. The minimum Gasteiger partial charge on any atom is -0.508 e. The maximum Gasteiger partial charge on any atom is 0.327 e. The third-order valence-corrected chi connectivity index (χ3v) is 10.3. The van der Waals surface area contributed by atoms with E-state index in [1.54, 1.807) is 26.0 Å². The van der Waals surface area contributed by atoms with E-state index in [-0.39, 0.29) is 16.2 Å². The van der Waals surface area contributed by atoms with Crippen LogP contribution in [0.2, 0.25) is 0 Å². The third-order valence-electron chi connectivity index (χ3n) is 6.86. The summed E-state index contributed by atoms with van der Waals surface area (Å²) in [6.45, 7) is 4.64. The lowest BCUT2D eigenvalue weighted by Gasteiger charge is -2.44. The minimum atomic E-state index is -3.99. The quantitative estimate of drug-likeness (QED) is 0.308. The van der Waals surface area contributed by atoms with E-state index in [0.29, 0.717) is 0 Å². The number of fused-ring (bicyclic) bond motifs is 1. The van der Waals surface area contributed by atoms with Crippen LogP contribution in [0.1, 0.15) is 31.0 Å². The number of thioether (sulfide) groups is 1. The molecule has 0 saturated carbocycles. The predicted octanol–water partition coefficient (Wildman–Crippen LogP) is 0.810. The molecule has 2 heterocycles. The number of carbonyl (C=O) groups excluding carboxylic acids is 3. The van der Waals surface area contributed by atoms with Gasteiger partial charge in [0.25, 0.3) is 0 Å². The largest absolute Gasteiger partial charge is 0.508 e. The van der Waals surface area contributed by atoms with E-state index in [1.807, 2.05) is 6.92 Å². The number of benzene rings is 2. The molecule has 12 nitrogen and oxygen atoms in total. The number of aliphatic carboxylic acids is 1. The highest BCUT2D eigenvalue weighted by molar-refractivity contribution is 8.01. The second-order valence-electron chi connectivity index (χ2n) is 10.3. The monoisotopic (exact) mass is 590 g/mol. The first kappa shape index (κ1) is 29.4. The van der Waals surface area contributed by atoms with E-state index >= 15 is 0 Å². The lowest BCUT2D eigenvalue weighted by Crippen LogP contribution is -2.71. The zero-order valence-electron chi connectivity index (χ0n) is 22.2. The number of carboxylic acid groups (broad SMARTS) is 1. The molecule has 40 heavy (non-hydrogen) atoms. The van der Waals surface area contributed by atoms with Crippen LogP contribution in [0, 0.1) is 6.92 Å². The van der Waals surface area contributed by atoms with Gasteiger partial charge in [0.05, 0.1) is 11.4 Å². The fourth-order valence-electron chi connectivity index (χ4n) is 4.73. The summed E-state index contributed by atoms with van der Waals surface area (Å²) in [6.07, 6.45) is 0. The number of nitrogens with one attached hydrogen (secondary N) is 2.